The Morgan fingerprint density at radius 1 is 1.07 bits per heavy atom. The zero-order valence-electron chi connectivity index (χ0n) is 25.5. The van der Waals surface area contributed by atoms with Gasteiger partial charge in [-0.25, -0.2) is 12.8 Å². The fourth-order valence-corrected chi connectivity index (χ4v) is 7.60. The average Bonchev–Trinajstić information content (AvgIpc) is 2.92. The van der Waals surface area contributed by atoms with Gasteiger partial charge in [0.1, 0.15) is 18.2 Å². The first-order chi connectivity index (χ1) is 19.4. The number of sulfonamides is 1. The van der Waals surface area contributed by atoms with Crippen LogP contribution in [0.1, 0.15) is 54.0 Å². The molecule has 10 heteroatoms. The van der Waals surface area contributed by atoms with E-state index in [0.29, 0.717) is 35.3 Å². The molecular weight excluding hydrogens is 545 g/mol. The van der Waals surface area contributed by atoms with Crippen LogP contribution < -0.4 is 10.1 Å². The largest absolute Gasteiger partial charge is 0.496 e. The van der Waals surface area contributed by atoms with Crippen LogP contribution in [0.5, 0.6) is 5.75 Å². The number of rotatable bonds is 13. The van der Waals surface area contributed by atoms with Gasteiger partial charge >= 0.3 is 0 Å². The van der Waals surface area contributed by atoms with E-state index in [1.807, 2.05) is 27.1 Å². The van der Waals surface area contributed by atoms with Gasteiger partial charge in [0.2, 0.25) is 15.9 Å². The van der Waals surface area contributed by atoms with Gasteiger partial charge in [-0.1, -0.05) is 12.1 Å². The molecule has 1 aliphatic rings. The molecule has 3 rings (SSSR count). The minimum atomic E-state index is -3.73. The quantitative estimate of drug-likeness (QED) is 0.342. The minimum absolute atomic E-state index is 0.105. The van der Waals surface area contributed by atoms with Gasteiger partial charge in [0.05, 0.1) is 18.6 Å². The monoisotopic (exact) mass is 591 g/mol. The molecule has 0 aromatic heterocycles. The summed E-state index contributed by atoms with van der Waals surface area (Å²) in [5.41, 5.74) is 3.08. The number of likely N-dealkylation sites (N-methyl/N-ethyl adjacent to an activating group) is 1. The molecule has 1 aliphatic carbocycles. The van der Waals surface area contributed by atoms with Crippen LogP contribution >= 0.6 is 0 Å². The van der Waals surface area contributed by atoms with E-state index in [1.54, 1.807) is 39.2 Å². The molecule has 1 N–H and O–H groups in total. The topological polar surface area (TPSA) is 88.2 Å². The molecule has 1 fully saturated rings. The summed E-state index contributed by atoms with van der Waals surface area (Å²) < 4.78 is 52.5. The highest BCUT2D eigenvalue weighted by Gasteiger charge is 2.30. The summed E-state index contributed by atoms with van der Waals surface area (Å²) in [6.45, 7) is 6.08. The van der Waals surface area contributed by atoms with E-state index < -0.39 is 10.0 Å². The Morgan fingerprint density at radius 3 is 2.37 bits per heavy atom. The second-order valence-electron chi connectivity index (χ2n) is 11.4. The summed E-state index contributed by atoms with van der Waals surface area (Å²) >= 11 is 0. The maximum atomic E-state index is 13.8. The number of halogens is 1. The molecule has 1 saturated carbocycles. The van der Waals surface area contributed by atoms with Crippen LogP contribution in [-0.2, 0) is 19.6 Å². The number of benzene rings is 2. The molecular formula is C31H46FN3O5S. The summed E-state index contributed by atoms with van der Waals surface area (Å²) in [5.74, 6) is 1.07. The van der Waals surface area contributed by atoms with Crippen molar-refractivity contribution in [3.63, 3.8) is 0 Å². The van der Waals surface area contributed by atoms with Gasteiger partial charge in [-0.3, -0.25) is 4.79 Å². The maximum Gasteiger partial charge on any atom is 0.246 e. The smallest absolute Gasteiger partial charge is 0.246 e. The molecule has 0 heterocycles. The lowest BCUT2D eigenvalue weighted by atomic mass is 9.76. The van der Waals surface area contributed by atoms with Crippen LogP contribution in [0.2, 0.25) is 0 Å². The van der Waals surface area contributed by atoms with E-state index in [0.717, 1.165) is 36.8 Å². The predicted molar refractivity (Wildman–Crippen MR) is 159 cm³/mol. The molecule has 0 saturated heterocycles. The second-order valence-corrected chi connectivity index (χ2v) is 13.4. The summed E-state index contributed by atoms with van der Waals surface area (Å²) in [6, 6.07) is 8.77. The molecule has 1 unspecified atom stereocenters. The Bertz CT molecular complexity index is 1290. The second kappa shape index (κ2) is 14.6. The highest BCUT2D eigenvalue weighted by molar-refractivity contribution is 7.89. The van der Waals surface area contributed by atoms with Gasteiger partial charge < -0.3 is 19.7 Å². The molecule has 0 spiro atoms. The van der Waals surface area contributed by atoms with Crippen LogP contribution in [0.25, 0.3) is 0 Å². The van der Waals surface area contributed by atoms with Crippen molar-refractivity contribution in [1.82, 2.24) is 14.5 Å². The summed E-state index contributed by atoms with van der Waals surface area (Å²) in [7, 11) is 3.43. The molecule has 0 aliphatic heterocycles. The maximum absolute atomic E-state index is 13.8. The van der Waals surface area contributed by atoms with E-state index in [2.05, 4.69) is 10.2 Å². The fraction of sp³-hybridized carbons (Fsp3) is 0.581. The van der Waals surface area contributed by atoms with Crippen LogP contribution in [0, 0.1) is 38.4 Å². The molecule has 228 valence electrons. The molecule has 8 nitrogen and oxygen atoms in total. The number of methoxy groups -OCH3 is 1. The van der Waals surface area contributed by atoms with Crippen LogP contribution in [0.15, 0.2) is 35.2 Å². The molecule has 1 amide bonds. The van der Waals surface area contributed by atoms with Crippen molar-refractivity contribution in [2.45, 2.75) is 57.4 Å². The standard InChI is InChI=1S/C31H46FN3O5S/c1-21-17-28(39-7)22(2)23(3)31(21)41(37,38)35(6)15-16-40-20-29(36)33-19-24-11-13-25(14-12-24)30(34(4)5)26-9-8-10-27(32)18-26/h8-10,17-18,24-25,30H,11-16,19-20H2,1-7H3,(H,33,36). The van der Waals surface area contributed by atoms with E-state index in [-0.39, 0.29) is 42.4 Å². The lowest BCUT2D eigenvalue weighted by Crippen LogP contribution is -2.36. The highest BCUT2D eigenvalue weighted by atomic mass is 32.2. The first-order valence-corrected chi connectivity index (χ1v) is 15.7. The van der Waals surface area contributed by atoms with Gasteiger partial charge in [0.25, 0.3) is 0 Å². The Morgan fingerprint density at radius 2 is 1.76 bits per heavy atom. The Kier molecular flexibility index (Phi) is 11.7. The molecule has 41 heavy (non-hydrogen) atoms. The van der Waals surface area contributed by atoms with Gasteiger partial charge in [-0.05, 0) is 113 Å². The predicted octanol–water partition coefficient (Wildman–Crippen LogP) is 4.62. The number of hydrogen-bond acceptors (Lipinski definition) is 6. The molecule has 0 radical (unpaired) electrons. The number of nitrogens with zero attached hydrogens (tertiary/aromatic N) is 2. The Labute approximate surface area is 245 Å². The van der Waals surface area contributed by atoms with Crippen molar-refractivity contribution >= 4 is 15.9 Å². The normalized spacial score (nSPS) is 18.5. The zero-order valence-corrected chi connectivity index (χ0v) is 26.3. The van der Waals surface area contributed by atoms with Crippen molar-refractivity contribution < 1.29 is 27.1 Å². The summed E-state index contributed by atoms with van der Waals surface area (Å²) in [5, 5.41) is 2.97. The number of ether oxygens (including phenoxy) is 2. The van der Waals surface area contributed by atoms with Gasteiger partial charge in [0.15, 0.2) is 0 Å². The average molecular weight is 592 g/mol. The Balaban J connectivity index is 1.41. The Hall–Kier alpha value is -2.53. The fourth-order valence-electron chi connectivity index (χ4n) is 5.96. The summed E-state index contributed by atoms with van der Waals surface area (Å²) in [4.78, 5) is 14.8. The third kappa shape index (κ3) is 8.28. The molecule has 0 bridgehead atoms. The molecule has 1 atom stereocenters. The van der Waals surface area contributed by atoms with Crippen molar-refractivity contribution in [2.24, 2.45) is 11.8 Å². The minimum Gasteiger partial charge on any atom is -0.496 e. The lowest BCUT2D eigenvalue weighted by molar-refractivity contribution is -0.126. The first-order valence-electron chi connectivity index (χ1n) is 14.2. The third-order valence-electron chi connectivity index (χ3n) is 8.32. The van der Waals surface area contributed by atoms with E-state index >= 15 is 0 Å². The van der Waals surface area contributed by atoms with Crippen molar-refractivity contribution in [3.8, 4) is 5.75 Å². The number of nitrogens with one attached hydrogen (secondary N) is 1. The highest BCUT2D eigenvalue weighted by Crippen LogP contribution is 2.39. The van der Waals surface area contributed by atoms with E-state index in [1.165, 1.54) is 17.4 Å². The van der Waals surface area contributed by atoms with E-state index in [9.17, 15) is 17.6 Å². The number of aryl methyl sites for hydroxylation is 1. The number of carbonyl (C=O) groups excluding carboxylic acids is 1. The zero-order chi connectivity index (χ0) is 30.3. The number of amides is 1. The third-order valence-corrected chi connectivity index (χ3v) is 10.5. The molecule has 2 aromatic carbocycles. The number of hydrogen-bond donors (Lipinski definition) is 1. The summed E-state index contributed by atoms with van der Waals surface area (Å²) in [6.07, 6.45) is 4.03. The van der Waals surface area contributed by atoms with Crippen molar-refractivity contribution in [3.05, 3.63) is 58.4 Å². The first kappa shape index (κ1) is 33.0. The SMILES string of the molecule is COc1cc(C)c(S(=O)(=O)N(C)CCOCC(=O)NCC2CCC(C(c3cccc(F)c3)N(C)C)CC2)c(C)c1C. The number of carbonyl (C=O) groups is 1. The van der Waals surface area contributed by atoms with Crippen LogP contribution in [0.4, 0.5) is 4.39 Å². The van der Waals surface area contributed by atoms with Crippen molar-refractivity contribution in [2.75, 3.05) is 54.6 Å². The van der Waals surface area contributed by atoms with E-state index in [4.69, 9.17) is 9.47 Å². The molecule has 2 aromatic rings. The van der Waals surface area contributed by atoms with Gasteiger partial charge in [0, 0.05) is 26.2 Å². The van der Waals surface area contributed by atoms with Gasteiger partial charge in [-0.2, -0.15) is 4.31 Å². The van der Waals surface area contributed by atoms with Crippen LogP contribution in [0.3, 0.4) is 0 Å². The van der Waals surface area contributed by atoms with Crippen LogP contribution in [-0.4, -0.2) is 78.1 Å². The van der Waals surface area contributed by atoms with Gasteiger partial charge in [-0.15, -0.1) is 0 Å². The lowest BCUT2D eigenvalue weighted by Gasteiger charge is -2.37. The van der Waals surface area contributed by atoms with Crippen molar-refractivity contribution in [1.29, 1.82) is 0 Å².